The van der Waals surface area contributed by atoms with E-state index in [1.54, 1.807) is 0 Å². The number of nitrogens with zero attached hydrogens (tertiary/aromatic N) is 3. The van der Waals surface area contributed by atoms with Crippen molar-refractivity contribution in [1.29, 1.82) is 0 Å². The highest BCUT2D eigenvalue weighted by molar-refractivity contribution is 7.99. The molecule has 2 heterocycles. The van der Waals surface area contributed by atoms with Gasteiger partial charge in [0.25, 0.3) is 0 Å². The molecule has 2 N–H and O–H groups in total. The molecule has 170 valence electrons. The highest BCUT2D eigenvalue weighted by Gasteiger charge is 2.31. The van der Waals surface area contributed by atoms with Gasteiger partial charge in [-0.1, -0.05) is 36.9 Å². The summed E-state index contributed by atoms with van der Waals surface area (Å²) in [7, 11) is 0. The van der Waals surface area contributed by atoms with Gasteiger partial charge in [-0.05, 0) is 62.3 Å². The number of aryl methyl sites for hydroxylation is 2. The zero-order valence-electron chi connectivity index (χ0n) is 18.8. The topological polar surface area (TPSA) is 87.2 Å². The highest BCUT2D eigenvalue weighted by Crippen LogP contribution is 2.26. The molecule has 1 saturated carbocycles. The fraction of sp³-hybridized carbons (Fsp3) is 0.500. The zero-order valence-corrected chi connectivity index (χ0v) is 19.6. The summed E-state index contributed by atoms with van der Waals surface area (Å²) < 4.78 is 0. The number of hydrogen-bond donors (Lipinski definition) is 2. The molecule has 0 unspecified atom stereocenters. The number of rotatable bonds is 8. The number of para-hydroxylation sites is 1. The molecule has 8 heteroatoms. The van der Waals surface area contributed by atoms with Crippen molar-refractivity contribution in [3.8, 4) is 0 Å². The Morgan fingerprint density at radius 1 is 1.16 bits per heavy atom. The number of carbonyl (C=O) groups excluding carboxylic acids is 2. The second kappa shape index (κ2) is 10.3. The lowest BCUT2D eigenvalue weighted by molar-refractivity contribution is -0.125. The quantitative estimate of drug-likeness (QED) is 0.594. The number of carbonyl (C=O) groups is 2. The first-order chi connectivity index (χ1) is 15.5. The average molecular weight is 454 g/mol. The third-order valence-electron chi connectivity index (χ3n) is 6.02. The molecule has 2 amide bonds. The van der Waals surface area contributed by atoms with E-state index in [1.165, 1.54) is 11.8 Å². The minimum Gasteiger partial charge on any atom is -0.354 e. The van der Waals surface area contributed by atoms with E-state index in [0.717, 1.165) is 61.3 Å². The van der Waals surface area contributed by atoms with Crippen LogP contribution in [0.15, 0.2) is 35.4 Å². The number of anilines is 2. The third-order valence-corrected chi connectivity index (χ3v) is 6.94. The summed E-state index contributed by atoms with van der Waals surface area (Å²) in [5, 5.41) is 15.5. The summed E-state index contributed by atoms with van der Waals surface area (Å²) in [6.45, 7) is 5.65. The molecule has 1 aromatic heterocycles. The summed E-state index contributed by atoms with van der Waals surface area (Å²) in [6, 6.07) is 10.3. The molecule has 0 bridgehead atoms. The predicted octanol–water partition coefficient (Wildman–Crippen LogP) is 3.57. The van der Waals surface area contributed by atoms with Gasteiger partial charge in [0.2, 0.25) is 11.8 Å². The lowest BCUT2D eigenvalue weighted by atomic mass is 9.97. The van der Waals surface area contributed by atoms with Gasteiger partial charge in [0.1, 0.15) is 5.03 Å². The second-order valence-electron chi connectivity index (χ2n) is 8.60. The molecule has 4 rings (SSSR count). The van der Waals surface area contributed by atoms with Crippen molar-refractivity contribution in [2.24, 2.45) is 5.92 Å². The smallest absolute Gasteiger partial charge is 0.234 e. The highest BCUT2D eigenvalue weighted by atomic mass is 32.2. The summed E-state index contributed by atoms with van der Waals surface area (Å²) in [6.07, 6.45) is 4.98. The molecule has 1 aliphatic heterocycles. The maximum atomic E-state index is 12.5. The van der Waals surface area contributed by atoms with Gasteiger partial charge < -0.3 is 15.5 Å². The Kier molecular flexibility index (Phi) is 7.29. The summed E-state index contributed by atoms with van der Waals surface area (Å²) in [4.78, 5) is 27.0. The number of piperidine rings is 1. The molecule has 2 aliphatic rings. The van der Waals surface area contributed by atoms with Crippen LogP contribution in [0, 0.1) is 12.8 Å². The number of hydrogen-bond acceptors (Lipinski definition) is 6. The predicted molar refractivity (Wildman–Crippen MR) is 128 cm³/mol. The standard InChI is InChI=1S/C24H31N5O2S/c1-3-17-7-4-6-16(2)23(17)26-21(30)15-32-22-12-11-20(27-28-22)29-13-5-8-18(14-29)24(31)25-19-9-10-19/h4,6-7,11-12,18-19H,3,5,8-10,13-15H2,1-2H3,(H,25,31)(H,26,30)/t18-/m0/s1. The monoisotopic (exact) mass is 453 g/mol. The minimum atomic E-state index is -0.0505. The number of aromatic nitrogens is 2. The van der Waals surface area contributed by atoms with Crippen molar-refractivity contribution in [3.63, 3.8) is 0 Å². The van der Waals surface area contributed by atoms with Crippen LogP contribution in [0.2, 0.25) is 0 Å². The largest absolute Gasteiger partial charge is 0.354 e. The lowest BCUT2D eigenvalue weighted by Crippen LogP contribution is -2.44. The van der Waals surface area contributed by atoms with Gasteiger partial charge in [-0.25, -0.2) is 0 Å². The molecule has 2 aromatic rings. The van der Waals surface area contributed by atoms with Crippen molar-refractivity contribution in [2.75, 3.05) is 29.1 Å². The van der Waals surface area contributed by atoms with Crippen LogP contribution in [0.4, 0.5) is 11.5 Å². The maximum absolute atomic E-state index is 12.5. The van der Waals surface area contributed by atoms with Crippen LogP contribution in [0.3, 0.4) is 0 Å². The maximum Gasteiger partial charge on any atom is 0.234 e. The Labute approximate surface area is 193 Å². The van der Waals surface area contributed by atoms with E-state index >= 15 is 0 Å². The fourth-order valence-corrected chi connectivity index (χ4v) is 4.64. The lowest BCUT2D eigenvalue weighted by Gasteiger charge is -2.32. The summed E-state index contributed by atoms with van der Waals surface area (Å²) in [5.41, 5.74) is 3.11. The third kappa shape index (κ3) is 5.79. The molecule has 0 spiro atoms. The van der Waals surface area contributed by atoms with Gasteiger partial charge in [-0.15, -0.1) is 10.2 Å². The molecule has 2 fully saturated rings. The molecule has 32 heavy (non-hydrogen) atoms. The Balaban J connectivity index is 1.29. The summed E-state index contributed by atoms with van der Waals surface area (Å²) >= 11 is 1.37. The molecule has 7 nitrogen and oxygen atoms in total. The van der Waals surface area contributed by atoms with Gasteiger partial charge in [-0.2, -0.15) is 0 Å². The Morgan fingerprint density at radius 3 is 2.72 bits per heavy atom. The molecule has 0 radical (unpaired) electrons. The van der Waals surface area contributed by atoms with Crippen LogP contribution in [-0.2, 0) is 16.0 Å². The molecular formula is C24H31N5O2S. The SMILES string of the molecule is CCc1cccc(C)c1NC(=O)CSc1ccc(N2CCC[C@H](C(=O)NC3CC3)C2)nn1. The Morgan fingerprint density at radius 2 is 2.00 bits per heavy atom. The van der Waals surface area contributed by atoms with Crippen LogP contribution in [0.5, 0.6) is 0 Å². The van der Waals surface area contributed by atoms with E-state index in [-0.39, 0.29) is 23.5 Å². The van der Waals surface area contributed by atoms with Gasteiger partial charge in [-0.3, -0.25) is 9.59 Å². The first-order valence-corrected chi connectivity index (χ1v) is 12.4. The molecule has 1 saturated heterocycles. The number of thioether (sulfide) groups is 1. The first-order valence-electron chi connectivity index (χ1n) is 11.4. The van der Waals surface area contributed by atoms with E-state index in [9.17, 15) is 9.59 Å². The van der Waals surface area contributed by atoms with Crippen molar-refractivity contribution < 1.29 is 9.59 Å². The molecular weight excluding hydrogens is 422 g/mol. The second-order valence-corrected chi connectivity index (χ2v) is 9.59. The van der Waals surface area contributed by atoms with Gasteiger partial charge >= 0.3 is 0 Å². The van der Waals surface area contributed by atoms with Crippen molar-refractivity contribution in [1.82, 2.24) is 15.5 Å². The van der Waals surface area contributed by atoms with E-state index in [1.807, 2.05) is 37.3 Å². The first kappa shape index (κ1) is 22.6. The van der Waals surface area contributed by atoms with Crippen LogP contribution >= 0.6 is 11.8 Å². The van der Waals surface area contributed by atoms with E-state index < -0.39 is 0 Å². The molecule has 1 atom stereocenters. The van der Waals surface area contributed by atoms with Crippen molar-refractivity contribution in [2.45, 2.75) is 57.0 Å². The molecule has 1 aromatic carbocycles. The molecule has 1 aliphatic carbocycles. The van der Waals surface area contributed by atoms with E-state index in [4.69, 9.17) is 0 Å². The summed E-state index contributed by atoms with van der Waals surface area (Å²) in [5.74, 6) is 1.20. The fourth-order valence-electron chi connectivity index (χ4n) is 4.02. The van der Waals surface area contributed by atoms with Crippen LogP contribution in [-0.4, -0.2) is 46.9 Å². The van der Waals surface area contributed by atoms with Crippen molar-refractivity contribution >= 4 is 35.1 Å². The number of nitrogens with one attached hydrogen (secondary N) is 2. The van der Waals surface area contributed by atoms with Gasteiger partial charge in [0.05, 0.1) is 11.7 Å². The van der Waals surface area contributed by atoms with Crippen LogP contribution < -0.4 is 15.5 Å². The Bertz CT molecular complexity index is 961. The normalized spacial score (nSPS) is 18.3. The zero-order chi connectivity index (χ0) is 22.5. The van der Waals surface area contributed by atoms with E-state index in [2.05, 4.69) is 32.7 Å². The van der Waals surface area contributed by atoms with Crippen LogP contribution in [0.25, 0.3) is 0 Å². The number of benzene rings is 1. The average Bonchev–Trinajstić information content (AvgIpc) is 3.63. The van der Waals surface area contributed by atoms with Gasteiger partial charge in [0.15, 0.2) is 5.82 Å². The van der Waals surface area contributed by atoms with Gasteiger partial charge in [0, 0.05) is 24.8 Å². The van der Waals surface area contributed by atoms with Crippen LogP contribution in [0.1, 0.15) is 43.7 Å². The van der Waals surface area contributed by atoms with Crippen molar-refractivity contribution in [3.05, 3.63) is 41.5 Å². The van der Waals surface area contributed by atoms with E-state index in [0.29, 0.717) is 17.6 Å². The minimum absolute atomic E-state index is 0.0124. The Hall–Kier alpha value is -2.61. The number of amides is 2.